The molecule has 4 atom stereocenters. The number of primary amides is 1. The van der Waals surface area contributed by atoms with Gasteiger partial charge in [0.1, 0.15) is 33.3 Å². The van der Waals surface area contributed by atoms with Gasteiger partial charge in [0.05, 0.1) is 24.1 Å². The second-order valence-electron chi connectivity index (χ2n) is 17.9. The molecule has 1 saturated heterocycles. The van der Waals surface area contributed by atoms with Gasteiger partial charge >= 0.3 is 6.09 Å². The first kappa shape index (κ1) is 50.7. The van der Waals surface area contributed by atoms with Crippen molar-refractivity contribution in [2.75, 3.05) is 20.2 Å². The zero-order valence-electron chi connectivity index (χ0n) is 38.6. The van der Waals surface area contributed by atoms with Gasteiger partial charge in [0.2, 0.25) is 15.7 Å². The van der Waals surface area contributed by atoms with E-state index in [1.54, 1.807) is 76.2 Å². The van der Waals surface area contributed by atoms with Crippen molar-refractivity contribution >= 4 is 39.6 Å². The van der Waals surface area contributed by atoms with Crippen LogP contribution in [0.25, 0.3) is 0 Å². The summed E-state index contributed by atoms with van der Waals surface area (Å²) in [6.07, 6.45) is -2.22. The Kier molecular flexibility index (Phi) is 15.7. The summed E-state index contributed by atoms with van der Waals surface area (Å²) in [5.74, 6) is -3.51. The summed E-state index contributed by atoms with van der Waals surface area (Å²) in [5.41, 5.74) is 11.7. The third kappa shape index (κ3) is 11.9. The maximum atomic E-state index is 15.3. The van der Waals surface area contributed by atoms with Crippen molar-refractivity contribution in [1.29, 1.82) is 0 Å². The van der Waals surface area contributed by atoms with Crippen molar-refractivity contribution in [3.05, 3.63) is 141 Å². The Morgan fingerprint density at radius 3 is 2.15 bits per heavy atom. The summed E-state index contributed by atoms with van der Waals surface area (Å²) in [4.78, 5) is 67.5. The third-order valence-electron chi connectivity index (χ3n) is 11.6. The van der Waals surface area contributed by atoms with Crippen LogP contribution in [-0.2, 0) is 41.9 Å². The first-order chi connectivity index (χ1) is 32.1. The molecule has 8 N–H and O–H groups in total. The molecule has 0 aliphatic carbocycles. The van der Waals surface area contributed by atoms with E-state index in [2.05, 4.69) is 16.0 Å². The minimum absolute atomic E-state index is 0.00320. The van der Waals surface area contributed by atoms with Crippen LogP contribution in [0, 0.1) is 12.7 Å². The van der Waals surface area contributed by atoms with Crippen LogP contribution in [-0.4, -0.2) is 96.7 Å². The topological polar surface area (TPSA) is 253 Å². The van der Waals surface area contributed by atoms with Gasteiger partial charge < -0.3 is 42.0 Å². The lowest BCUT2D eigenvalue weighted by Gasteiger charge is -2.45. The molecule has 19 heteroatoms. The number of nitrogens with zero attached hydrogens (tertiary/aromatic N) is 2. The molecule has 2 aliphatic rings. The fourth-order valence-electron chi connectivity index (χ4n) is 8.06. The summed E-state index contributed by atoms with van der Waals surface area (Å²) in [6.45, 7) is 6.95. The molecule has 0 radical (unpaired) electrons. The van der Waals surface area contributed by atoms with Crippen LogP contribution in [0.4, 0.5) is 9.18 Å². The first-order valence-electron chi connectivity index (χ1n) is 22.1. The monoisotopic (exact) mass is 955 g/mol. The third-order valence-corrected chi connectivity index (χ3v) is 13.5. The molecule has 0 spiro atoms. The SMILES string of the molecule is COc1ccc(C2C(S(=O)(=O)c3ccc(C)cc3)=C(C(=O)N[C@@H](CCCCNC(=O)OC(C)(C)C)C(O)C(=O)NCc3ccc(C(N)=O)cc3)N3C(=O)C(N)(Cc4ccc(F)cc4)CCN23)cc1. The largest absolute Gasteiger partial charge is 0.497 e. The van der Waals surface area contributed by atoms with Gasteiger partial charge in [-0.2, -0.15) is 0 Å². The Balaban J connectivity index is 1.42. The standard InChI is InChI=1S/C49H58FN7O10S/c1-30-9-23-37(24-10-30)68(64,65)42-39(33-17-21-36(66-5)22-18-33)56-27-25-49(52,28-31-13-19-35(50)20-14-31)46(62)57(56)40(42)44(60)55-38(8-6-7-26-53-47(63)67-48(2,3)4)41(58)45(61)54-29-32-11-15-34(16-12-32)43(51)59/h9-24,38-39,41,58H,6-8,25-29,52H2,1-5H3,(H2,51,59)(H,53,63)(H,54,61)(H,55,60)/t38-,39?,41?,49?/m0/s1. The van der Waals surface area contributed by atoms with Crippen LogP contribution in [0.15, 0.2) is 113 Å². The number of carbonyl (C=O) groups excluding carboxylic acids is 5. The van der Waals surface area contributed by atoms with E-state index in [-0.39, 0.29) is 55.8 Å². The molecule has 17 nitrogen and oxygen atoms in total. The molecule has 2 aliphatic heterocycles. The van der Waals surface area contributed by atoms with Crippen molar-refractivity contribution in [3.63, 3.8) is 0 Å². The quantitative estimate of drug-likeness (QED) is 0.0767. The lowest BCUT2D eigenvalue weighted by Crippen LogP contribution is -2.65. The highest BCUT2D eigenvalue weighted by Gasteiger charge is 2.57. The number of methoxy groups -OCH3 is 1. The highest BCUT2D eigenvalue weighted by atomic mass is 32.2. The predicted molar refractivity (Wildman–Crippen MR) is 249 cm³/mol. The number of aliphatic hydroxyl groups is 1. The van der Waals surface area contributed by atoms with E-state index in [0.717, 1.165) is 10.6 Å². The van der Waals surface area contributed by atoms with E-state index in [1.807, 2.05) is 0 Å². The van der Waals surface area contributed by atoms with Crippen molar-refractivity contribution in [2.45, 2.75) is 101 Å². The fourth-order valence-corrected chi connectivity index (χ4v) is 9.80. The number of benzene rings is 4. The summed E-state index contributed by atoms with van der Waals surface area (Å²) in [5, 5.41) is 22.2. The summed E-state index contributed by atoms with van der Waals surface area (Å²) < 4.78 is 55.1. The number of fused-ring (bicyclic) bond motifs is 1. The molecule has 4 aromatic carbocycles. The smallest absolute Gasteiger partial charge is 0.407 e. The zero-order chi connectivity index (χ0) is 49.6. The van der Waals surface area contributed by atoms with E-state index in [9.17, 15) is 23.9 Å². The maximum Gasteiger partial charge on any atom is 0.407 e. The van der Waals surface area contributed by atoms with Crippen molar-refractivity contribution in [2.24, 2.45) is 11.5 Å². The van der Waals surface area contributed by atoms with E-state index >= 15 is 18.0 Å². The van der Waals surface area contributed by atoms with Crippen molar-refractivity contribution in [1.82, 2.24) is 26.0 Å². The number of hydrazine groups is 1. The van der Waals surface area contributed by atoms with Gasteiger partial charge in [-0.1, -0.05) is 54.1 Å². The Morgan fingerprint density at radius 2 is 1.54 bits per heavy atom. The number of unbranched alkanes of at least 4 members (excludes halogenated alkanes) is 1. The van der Waals surface area contributed by atoms with Crippen LogP contribution >= 0.6 is 0 Å². The molecular weight excluding hydrogens is 898 g/mol. The lowest BCUT2D eigenvalue weighted by molar-refractivity contribution is -0.160. The number of alkyl carbamates (subject to hydrolysis) is 1. The van der Waals surface area contributed by atoms with Crippen LogP contribution in [0.5, 0.6) is 5.75 Å². The molecule has 1 fully saturated rings. The van der Waals surface area contributed by atoms with Gasteiger partial charge in [-0.3, -0.25) is 19.2 Å². The van der Waals surface area contributed by atoms with E-state index in [1.165, 1.54) is 60.6 Å². The number of hydrogen-bond acceptors (Lipinski definition) is 12. The van der Waals surface area contributed by atoms with E-state index in [4.69, 9.17) is 20.9 Å². The van der Waals surface area contributed by atoms with Crippen molar-refractivity contribution < 1.29 is 51.4 Å². The fraction of sp³-hybridized carbons (Fsp3) is 0.367. The van der Waals surface area contributed by atoms with Gasteiger partial charge in [-0.25, -0.2) is 27.6 Å². The predicted octanol–water partition coefficient (Wildman–Crippen LogP) is 4.23. The number of halogens is 1. The van der Waals surface area contributed by atoms with Gasteiger partial charge in [0.25, 0.3) is 17.7 Å². The highest BCUT2D eigenvalue weighted by Crippen LogP contribution is 2.48. The first-order valence-corrected chi connectivity index (χ1v) is 23.6. The van der Waals surface area contributed by atoms with E-state index in [0.29, 0.717) is 28.9 Å². The maximum absolute atomic E-state index is 15.3. The second-order valence-corrected chi connectivity index (χ2v) is 19.8. The molecule has 0 bridgehead atoms. The summed E-state index contributed by atoms with van der Waals surface area (Å²) >= 11 is 0. The van der Waals surface area contributed by atoms with Crippen molar-refractivity contribution in [3.8, 4) is 5.75 Å². The Bertz CT molecular complexity index is 2640. The van der Waals surface area contributed by atoms with Gasteiger partial charge in [0.15, 0.2) is 6.10 Å². The van der Waals surface area contributed by atoms with Gasteiger partial charge in [-0.15, -0.1) is 0 Å². The Morgan fingerprint density at radius 1 is 0.912 bits per heavy atom. The molecule has 0 saturated carbocycles. The van der Waals surface area contributed by atoms with Gasteiger partial charge in [-0.05, 0) is 125 Å². The minimum atomic E-state index is -4.66. The number of aliphatic hydroxyl groups excluding tert-OH is 1. The average Bonchev–Trinajstić information content (AvgIpc) is 3.66. The number of sulfone groups is 1. The number of carbonyl (C=O) groups is 5. The number of nitrogens with one attached hydrogen (secondary N) is 3. The average molecular weight is 956 g/mol. The minimum Gasteiger partial charge on any atom is -0.497 e. The van der Waals surface area contributed by atoms with Gasteiger partial charge in [0, 0.05) is 25.2 Å². The Hall–Kier alpha value is -6.67. The lowest BCUT2D eigenvalue weighted by atomic mass is 9.85. The number of ether oxygens (including phenoxy) is 2. The molecule has 4 aromatic rings. The number of hydrogen-bond donors (Lipinski definition) is 6. The van der Waals surface area contributed by atoms with E-state index < -0.39 is 85.3 Å². The summed E-state index contributed by atoms with van der Waals surface area (Å²) in [6, 6.07) is 21.4. The molecule has 2 heterocycles. The van der Waals surface area contributed by atoms with Crippen LogP contribution in [0.1, 0.15) is 85.1 Å². The number of nitrogens with two attached hydrogens (primary N) is 2. The molecular formula is C49H58FN7O10S. The number of aryl methyl sites for hydroxylation is 1. The van der Waals surface area contributed by atoms with Crippen LogP contribution in [0.3, 0.4) is 0 Å². The van der Waals surface area contributed by atoms with Crippen LogP contribution in [0.2, 0.25) is 0 Å². The zero-order valence-corrected chi connectivity index (χ0v) is 39.4. The normalized spacial score (nSPS) is 18.3. The van der Waals surface area contributed by atoms with Crippen LogP contribution < -0.4 is 32.2 Å². The molecule has 6 rings (SSSR count). The molecule has 5 amide bonds. The molecule has 0 aromatic heterocycles. The highest BCUT2D eigenvalue weighted by molar-refractivity contribution is 7.95. The summed E-state index contributed by atoms with van der Waals surface area (Å²) in [7, 11) is -3.19. The molecule has 68 heavy (non-hydrogen) atoms. The molecule has 3 unspecified atom stereocenters. The number of rotatable bonds is 18. The second kappa shape index (κ2) is 21.1. The number of amides is 5. The Labute approximate surface area is 394 Å². The molecule has 362 valence electrons.